The van der Waals surface area contributed by atoms with Crippen molar-refractivity contribution in [2.24, 2.45) is 0 Å². The van der Waals surface area contributed by atoms with Crippen molar-refractivity contribution in [3.63, 3.8) is 0 Å². The molecule has 3 heterocycles. The number of carbonyl (C=O) groups excluding carboxylic acids is 2. The number of benzene rings is 1. The summed E-state index contributed by atoms with van der Waals surface area (Å²) in [5.74, 6) is 1.05. The lowest BCUT2D eigenvalue weighted by Gasteiger charge is -2.34. The Morgan fingerprint density at radius 1 is 1.15 bits per heavy atom. The summed E-state index contributed by atoms with van der Waals surface area (Å²) in [5, 5.41) is 14.2. The van der Waals surface area contributed by atoms with Gasteiger partial charge in [0.15, 0.2) is 0 Å². The number of anilines is 2. The number of rotatable bonds is 4. The Labute approximate surface area is 193 Å². The third kappa shape index (κ3) is 3.80. The van der Waals surface area contributed by atoms with E-state index in [1.54, 1.807) is 16.7 Å². The first-order chi connectivity index (χ1) is 15.8. The molecular formula is C24H30N6O3. The van der Waals surface area contributed by atoms with Crippen LogP contribution in [0.4, 0.5) is 11.8 Å². The quantitative estimate of drug-likeness (QED) is 0.729. The summed E-state index contributed by atoms with van der Waals surface area (Å²) < 4.78 is 0. The van der Waals surface area contributed by atoms with Crippen LogP contribution < -0.4 is 10.2 Å². The maximum Gasteiger partial charge on any atom is 0.273 e. The van der Waals surface area contributed by atoms with E-state index in [9.17, 15) is 14.7 Å². The lowest BCUT2D eigenvalue weighted by atomic mass is 10.1. The second kappa shape index (κ2) is 8.30. The number of nitrogens with one attached hydrogen (secondary N) is 1. The van der Waals surface area contributed by atoms with Crippen molar-refractivity contribution in [1.82, 2.24) is 19.8 Å². The molecule has 9 nitrogen and oxygen atoms in total. The molecule has 2 aliphatic heterocycles. The minimum Gasteiger partial charge on any atom is -0.390 e. The molecule has 0 saturated carbocycles. The van der Waals surface area contributed by atoms with Gasteiger partial charge in [0.1, 0.15) is 11.5 Å². The van der Waals surface area contributed by atoms with Crippen molar-refractivity contribution in [3.05, 3.63) is 46.6 Å². The van der Waals surface area contributed by atoms with Gasteiger partial charge in [0.2, 0.25) is 11.9 Å². The molecule has 1 aromatic heterocycles. The molecule has 3 aliphatic rings. The van der Waals surface area contributed by atoms with Gasteiger partial charge in [-0.25, -0.2) is 4.98 Å². The first-order valence-corrected chi connectivity index (χ1v) is 11.6. The minimum absolute atomic E-state index is 0.0416. The van der Waals surface area contributed by atoms with Crippen LogP contribution in [0.15, 0.2) is 24.3 Å². The van der Waals surface area contributed by atoms with Crippen molar-refractivity contribution >= 4 is 23.6 Å². The third-order valence-electron chi connectivity index (χ3n) is 6.91. The lowest BCUT2D eigenvalue weighted by molar-refractivity contribution is -0.129. The number of fused-ring (bicyclic) bond motifs is 2. The number of hydrogen-bond donors (Lipinski definition) is 2. The summed E-state index contributed by atoms with van der Waals surface area (Å²) in [6.45, 7) is 8.40. The number of carbonyl (C=O) groups is 2. The third-order valence-corrected chi connectivity index (χ3v) is 6.91. The summed E-state index contributed by atoms with van der Waals surface area (Å²) in [7, 11) is 0. The fourth-order valence-electron chi connectivity index (χ4n) is 4.97. The molecule has 0 unspecified atom stereocenters. The first kappa shape index (κ1) is 21.6. The highest BCUT2D eigenvalue weighted by molar-refractivity contribution is 5.98. The highest BCUT2D eigenvalue weighted by Crippen LogP contribution is 2.37. The fraction of sp³-hybridized carbons (Fsp3) is 0.500. The maximum atomic E-state index is 13.2. The highest BCUT2D eigenvalue weighted by atomic mass is 16.3. The summed E-state index contributed by atoms with van der Waals surface area (Å²) in [4.78, 5) is 40.0. The van der Waals surface area contributed by atoms with E-state index in [1.807, 2.05) is 43.0 Å². The van der Waals surface area contributed by atoms with Gasteiger partial charge in [0.25, 0.3) is 5.91 Å². The number of nitrogens with zero attached hydrogens (tertiary/aromatic N) is 5. The average Bonchev–Trinajstić information content (AvgIpc) is 3.30. The van der Waals surface area contributed by atoms with Crippen molar-refractivity contribution in [3.8, 4) is 0 Å². The molecule has 2 atom stereocenters. The van der Waals surface area contributed by atoms with Crippen molar-refractivity contribution in [2.45, 2.75) is 51.9 Å². The van der Waals surface area contributed by atoms with Gasteiger partial charge < -0.3 is 25.1 Å². The molecule has 1 fully saturated rings. The van der Waals surface area contributed by atoms with Gasteiger partial charge in [-0.05, 0) is 25.0 Å². The zero-order chi connectivity index (χ0) is 23.3. The molecule has 2 N–H and O–H groups in total. The van der Waals surface area contributed by atoms with Crippen LogP contribution in [-0.2, 0) is 17.8 Å². The number of aliphatic hydroxyl groups excluding tert-OH is 1. The molecule has 1 aliphatic carbocycles. The van der Waals surface area contributed by atoms with E-state index in [2.05, 4.69) is 10.3 Å². The van der Waals surface area contributed by atoms with Gasteiger partial charge >= 0.3 is 0 Å². The Bertz CT molecular complexity index is 1100. The molecule has 2 aromatic rings. The summed E-state index contributed by atoms with van der Waals surface area (Å²) >= 11 is 0. The van der Waals surface area contributed by atoms with Gasteiger partial charge in [0, 0.05) is 51.1 Å². The van der Waals surface area contributed by atoms with E-state index in [1.165, 1.54) is 0 Å². The molecule has 0 spiro atoms. The van der Waals surface area contributed by atoms with E-state index in [4.69, 9.17) is 4.98 Å². The average molecular weight is 451 g/mol. The SMILES string of the molecule is CC(=O)N1CCN(c2nc(N[C@@H]3c4ccccc4C[C@@H]3O)c3c(n2)C(=O)N(C(C)C)C3)CC1. The smallest absolute Gasteiger partial charge is 0.273 e. The predicted molar refractivity (Wildman–Crippen MR) is 124 cm³/mol. The number of aliphatic hydroxyl groups is 1. The number of aromatic nitrogens is 2. The van der Waals surface area contributed by atoms with Crippen LogP contribution in [0.3, 0.4) is 0 Å². The van der Waals surface area contributed by atoms with Crippen molar-refractivity contribution in [2.75, 3.05) is 36.4 Å². The molecule has 174 valence electrons. The van der Waals surface area contributed by atoms with Crippen molar-refractivity contribution in [1.29, 1.82) is 0 Å². The summed E-state index contributed by atoms with van der Waals surface area (Å²) in [5.41, 5.74) is 3.37. The molecule has 2 amide bonds. The monoisotopic (exact) mass is 450 g/mol. The Hall–Kier alpha value is -3.20. The standard InChI is InChI=1S/C24H30N6O3/c1-14(2)30-13-18-21(23(30)33)26-24(29-10-8-28(9-11-29)15(3)31)27-22(18)25-20-17-7-5-4-6-16(17)12-19(20)32/h4-7,14,19-20,32H,8-13H2,1-3H3,(H,25,26,27)/t19-,20+/m0/s1. The van der Waals surface area contributed by atoms with Crippen LogP contribution in [0.5, 0.6) is 0 Å². The van der Waals surface area contributed by atoms with E-state index >= 15 is 0 Å². The normalized spacial score (nSPS) is 22.1. The number of amides is 2. The fourth-order valence-corrected chi connectivity index (χ4v) is 4.97. The summed E-state index contributed by atoms with van der Waals surface area (Å²) in [6.07, 6.45) is 0.00627. The Morgan fingerprint density at radius 2 is 1.88 bits per heavy atom. The van der Waals surface area contributed by atoms with E-state index in [-0.39, 0.29) is 23.9 Å². The molecule has 1 saturated heterocycles. The van der Waals surface area contributed by atoms with Crippen LogP contribution in [0, 0.1) is 0 Å². The van der Waals surface area contributed by atoms with E-state index < -0.39 is 6.10 Å². The molecule has 1 aromatic carbocycles. The van der Waals surface area contributed by atoms with E-state index in [0.717, 1.165) is 16.7 Å². The molecule has 5 rings (SSSR count). The molecule has 0 bridgehead atoms. The second-order valence-corrected chi connectivity index (χ2v) is 9.31. The van der Waals surface area contributed by atoms with Crippen LogP contribution in [0.1, 0.15) is 54.0 Å². The maximum absolute atomic E-state index is 13.2. The molecular weight excluding hydrogens is 420 g/mol. The Balaban J connectivity index is 1.50. The molecule has 9 heteroatoms. The van der Waals surface area contributed by atoms with Gasteiger partial charge in [-0.15, -0.1) is 0 Å². The zero-order valence-corrected chi connectivity index (χ0v) is 19.3. The van der Waals surface area contributed by atoms with Gasteiger partial charge in [0.05, 0.1) is 18.7 Å². The topological polar surface area (TPSA) is 102 Å². The van der Waals surface area contributed by atoms with Crippen LogP contribution in [0.25, 0.3) is 0 Å². The minimum atomic E-state index is -0.575. The van der Waals surface area contributed by atoms with Gasteiger partial charge in [-0.2, -0.15) is 4.98 Å². The number of hydrogen-bond acceptors (Lipinski definition) is 7. The Kier molecular flexibility index (Phi) is 5.44. The predicted octanol–water partition coefficient (Wildman–Crippen LogP) is 1.58. The molecule has 33 heavy (non-hydrogen) atoms. The van der Waals surface area contributed by atoms with Crippen LogP contribution in [0.2, 0.25) is 0 Å². The Morgan fingerprint density at radius 3 is 2.58 bits per heavy atom. The van der Waals surface area contributed by atoms with Crippen molar-refractivity contribution < 1.29 is 14.7 Å². The largest absolute Gasteiger partial charge is 0.390 e. The van der Waals surface area contributed by atoms with Gasteiger partial charge in [-0.1, -0.05) is 24.3 Å². The number of piperazine rings is 1. The summed E-state index contributed by atoms with van der Waals surface area (Å²) in [6, 6.07) is 7.76. The van der Waals surface area contributed by atoms with Crippen LogP contribution in [-0.4, -0.2) is 75.0 Å². The molecule has 0 radical (unpaired) electrons. The second-order valence-electron chi connectivity index (χ2n) is 9.31. The lowest BCUT2D eigenvalue weighted by Crippen LogP contribution is -2.48. The van der Waals surface area contributed by atoms with Crippen LogP contribution >= 0.6 is 0 Å². The first-order valence-electron chi connectivity index (χ1n) is 11.6. The van der Waals surface area contributed by atoms with E-state index in [0.29, 0.717) is 56.6 Å². The zero-order valence-electron chi connectivity index (χ0n) is 19.3. The highest BCUT2D eigenvalue weighted by Gasteiger charge is 2.37. The van der Waals surface area contributed by atoms with Gasteiger partial charge in [-0.3, -0.25) is 9.59 Å².